The molecule has 58 heavy (non-hydrogen) atoms. The van der Waals surface area contributed by atoms with E-state index in [1.807, 2.05) is 39.9 Å². The zero-order chi connectivity index (χ0) is 42.6. The first-order chi connectivity index (χ1) is 27.3. The van der Waals surface area contributed by atoms with E-state index < -0.39 is 103 Å². The Labute approximate surface area is 340 Å². The van der Waals surface area contributed by atoms with Crippen LogP contribution in [0, 0.1) is 23.2 Å². The van der Waals surface area contributed by atoms with E-state index in [2.05, 4.69) is 30.2 Å². The van der Waals surface area contributed by atoms with Crippen LogP contribution < -0.4 is 15.6 Å². The Kier molecular flexibility index (Phi) is 15.0. The molecule has 25 heteroatoms. The Morgan fingerprint density at radius 3 is 2.64 bits per heavy atom. The molecule has 1 saturated heterocycles. The first-order valence-electron chi connectivity index (χ1n) is 18.3. The van der Waals surface area contributed by atoms with E-state index in [0.29, 0.717) is 0 Å². The summed E-state index contributed by atoms with van der Waals surface area (Å²) >= 11 is 5.95. The molecule has 1 amide bonds. The number of anilines is 1. The topological polar surface area (TPSA) is 264 Å². The Balaban J connectivity index is 1.53. The van der Waals surface area contributed by atoms with Crippen molar-refractivity contribution in [3.63, 3.8) is 0 Å². The molecule has 1 saturated carbocycles. The fourth-order valence-corrected chi connectivity index (χ4v) is 9.91. The molecule has 2 aliphatic rings. The second-order valence-corrected chi connectivity index (χ2v) is 23.9. The van der Waals surface area contributed by atoms with Gasteiger partial charge in [0.1, 0.15) is 30.7 Å². The van der Waals surface area contributed by atoms with Crippen molar-refractivity contribution < 1.29 is 55.7 Å². The number of alkyl halides is 1. The summed E-state index contributed by atoms with van der Waals surface area (Å²) in [5.74, 6) is -1.85. The number of fused-ring (bicyclic) bond motifs is 1. The number of aliphatic hydroxyl groups excluding tert-OH is 1. The average molecular weight is 890 g/mol. The molecule has 318 valence electrons. The van der Waals surface area contributed by atoms with Crippen LogP contribution in [0.15, 0.2) is 29.7 Å². The van der Waals surface area contributed by atoms with Crippen LogP contribution in [-0.4, -0.2) is 110 Å². The first-order valence-corrected chi connectivity index (χ1v) is 24.9. The number of rotatable bonds is 18. The molecular formula is C33H48FN8O12P2SSi+. The van der Waals surface area contributed by atoms with Crippen LogP contribution in [0.25, 0.3) is 11.2 Å². The minimum Gasteiger partial charge on any atom is -0.471 e. The third-order valence-electron chi connectivity index (χ3n) is 10.0. The van der Waals surface area contributed by atoms with Gasteiger partial charge in [0.2, 0.25) is 17.7 Å². The maximum absolute atomic E-state index is 15.8. The van der Waals surface area contributed by atoms with Crippen LogP contribution >= 0.6 is 15.0 Å². The van der Waals surface area contributed by atoms with Gasteiger partial charge in [-0.1, -0.05) is 34.6 Å². The van der Waals surface area contributed by atoms with Crippen LogP contribution in [0.2, 0.25) is 18.1 Å². The zero-order valence-electron chi connectivity index (χ0n) is 32.9. The molecule has 3 aromatic rings. The number of aromatic amines is 1. The molecule has 1 aliphatic carbocycles. The molecule has 0 aromatic carbocycles. The van der Waals surface area contributed by atoms with Gasteiger partial charge in [0.25, 0.3) is 5.56 Å². The number of ether oxygens (including phenoxy) is 2. The normalized spacial score (nSPS) is 26.4. The number of carbonyl (C=O) groups excluding carboxylic acids is 1. The Bertz CT molecular complexity index is 2070. The van der Waals surface area contributed by atoms with Gasteiger partial charge in [-0.3, -0.25) is 29.0 Å². The number of halogens is 1. The van der Waals surface area contributed by atoms with Crippen molar-refractivity contribution in [2.45, 2.75) is 109 Å². The summed E-state index contributed by atoms with van der Waals surface area (Å²) in [5.41, 5.74) is -0.780. The summed E-state index contributed by atoms with van der Waals surface area (Å²) < 4.78 is 71.9. The first kappa shape index (κ1) is 45.8. The standard InChI is InChI=1S/C33H47FN8O12P2SSi/c1-18(2)29(44)40-32-39-28-24(30(45)41-32)38-17-42(28)31-27(26(21(14-43)51-31)54-58(6,7)33(3,4)5)53-56(57,48-12-8-10-35)49-15-19-13-20(23(34)25(19)52-55(46)47)50-22-9-11-36-16-37-22/h9,11,16-21,23,25-27,31,43H,8,12-15H2,1-7H3,(H2-,39,40,41,44,45,46,47)/p+1/t19-,20-,21-,23+,25-,26?,27-,31-,56?/m1/s1. The van der Waals surface area contributed by atoms with E-state index in [9.17, 15) is 29.4 Å². The molecule has 10 atom stereocenters. The molecule has 0 radical (unpaired) electrons. The lowest BCUT2D eigenvalue weighted by atomic mass is 10.1. The predicted molar refractivity (Wildman–Crippen MR) is 210 cm³/mol. The van der Waals surface area contributed by atoms with Crippen molar-refractivity contribution in [2.75, 3.05) is 25.1 Å². The summed E-state index contributed by atoms with van der Waals surface area (Å²) in [6, 6.07) is 3.39. The zero-order valence-corrected chi connectivity index (χ0v) is 36.5. The van der Waals surface area contributed by atoms with Gasteiger partial charge in [0.15, 0.2) is 38.0 Å². The van der Waals surface area contributed by atoms with Gasteiger partial charge in [-0.2, -0.15) is 10.2 Å². The van der Waals surface area contributed by atoms with E-state index in [0.717, 1.165) is 0 Å². The molecule has 1 aliphatic heterocycles. The lowest BCUT2D eigenvalue weighted by molar-refractivity contribution is -0.118. The molecule has 0 bridgehead atoms. The molecular weight excluding hydrogens is 842 g/mol. The summed E-state index contributed by atoms with van der Waals surface area (Å²) in [4.78, 5) is 54.3. The molecule has 0 spiro atoms. The summed E-state index contributed by atoms with van der Waals surface area (Å²) in [5, 5.41) is 22.3. The van der Waals surface area contributed by atoms with E-state index in [1.165, 1.54) is 29.5 Å². The van der Waals surface area contributed by atoms with E-state index >= 15 is 4.39 Å². The molecule has 2 fully saturated rings. The number of hydrogen-bond donors (Lipinski definition) is 4. The summed E-state index contributed by atoms with van der Waals surface area (Å²) in [6.45, 7) is 8.11. The smallest absolute Gasteiger partial charge is 0.471 e. The monoisotopic (exact) mass is 889 g/mol. The van der Waals surface area contributed by atoms with Crippen LogP contribution in [0.1, 0.15) is 53.7 Å². The number of nitrogens with one attached hydrogen (secondary N) is 2. The SMILES string of the molecule is CC(C)C(=O)Nc1nc2c(ncn2[C@@H]2O[C@H](CO)C(O[Si](C)(C)C(C)(C)C)[C@H]2OP(=S)(OCCC#N)OC[C@H]2C[C@@H](Oc3ccncn3)[C@H](F)[C@@H]2O[P+](=O)O)c(=O)[nH]1. The second kappa shape index (κ2) is 19.0. The van der Waals surface area contributed by atoms with Gasteiger partial charge in [-0.15, -0.1) is 9.42 Å². The fraction of sp³-hybridized carbons (Fsp3) is 0.667. The van der Waals surface area contributed by atoms with Crippen molar-refractivity contribution in [3.05, 3.63) is 35.3 Å². The number of hydrogen-bond acceptors (Lipinski definition) is 17. The summed E-state index contributed by atoms with van der Waals surface area (Å²) in [7, 11) is -5.95. The van der Waals surface area contributed by atoms with E-state index in [1.54, 1.807) is 13.8 Å². The van der Waals surface area contributed by atoms with Crippen molar-refractivity contribution in [3.8, 4) is 11.9 Å². The maximum atomic E-state index is 15.8. The van der Waals surface area contributed by atoms with Crippen molar-refractivity contribution in [2.24, 2.45) is 11.8 Å². The van der Waals surface area contributed by atoms with Crippen LogP contribution in [0.4, 0.5) is 10.3 Å². The fourth-order valence-electron chi connectivity index (χ4n) is 5.98. The Hall–Kier alpha value is -3.23. The minimum atomic E-state index is -4.04. The van der Waals surface area contributed by atoms with Crippen LogP contribution in [0.5, 0.6) is 5.88 Å². The van der Waals surface area contributed by atoms with Gasteiger partial charge in [0, 0.05) is 28.7 Å². The number of imidazole rings is 1. The van der Waals surface area contributed by atoms with E-state index in [4.69, 9.17) is 43.8 Å². The van der Waals surface area contributed by atoms with Crippen molar-refractivity contribution >= 4 is 58.1 Å². The van der Waals surface area contributed by atoms with Gasteiger partial charge < -0.3 is 28.1 Å². The second-order valence-electron chi connectivity index (χ2n) is 15.5. The van der Waals surface area contributed by atoms with Gasteiger partial charge in [-0.05, 0) is 36.4 Å². The number of nitriles is 1. The average Bonchev–Trinajstić information content (AvgIpc) is 3.80. The van der Waals surface area contributed by atoms with Crippen molar-refractivity contribution in [1.82, 2.24) is 29.5 Å². The highest BCUT2D eigenvalue weighted by Gasteiger charge is 2.55. The van der Waals surface area contributed by atoms with E-state index in [-0.39, 0.29) is 47.5 Å². The lowest BCUT2D eigenvalue weighted by Crippen LogP contribution is -2.50. The number of aliphatic hydroxyl groups is 1. The number of aromatic nitrogens is 6. The lowest BCUT2D eigenvalue weighted by Gasteiger charge is -2.41. The Morgan fingerprint density at radius 1 is 1.28 bits per heavy atom. The molecule has 3 aromatic heterocycles. The van der Waals surface area contributed by atoms with Gasteiger partial charge in [-0.25, -0.2) is 19.3 Å². The quantitative estimate of drug-likeness (QED) is 0.0793. The number of nitrogens with zero attached hydrogens (tertiary/aromatic N) is 6. The molecule has 5 rings (SSSR count). The van der Waals surface area contributed by atoms with Crippen LogP contribution in [-0.2, 0) is 48.4 Å². The molecule has 3 unspecified atom stereocenters. The largest absolute Gasteiger partial charge is 0.695 e. The number of carbonyl (C=O) groups is 1. The molecule has 20 nitrogen and oxygen atoms in total. The highest BCUT2D eigenvalue weighted by atomic mass is 32.5. The molecule has 4 heterocycles. The number of amides is 1. The van der Waals surface area contributed by atoms with Crippen molar-refractivity contribution in [1.29, 1.82) is 5.26 Å². The predicted octanol–water partition coefficient (Wildman–Crippen LogP) is 4.18. The highest BCUT2D eigenvalue weighted by Crippen LogP contribution is 2.56. The summed E-state index contributed by atoms with van der Waals surface area (Å²) in [6.07, 6.45) is -5.42. The third kappa shape index (κ3) is 10.7. The third-order valence-corrected chi connectivity index (χ3v) is 17.3. The van der Waals surface area contributed by atoms with Gasteiger partial charge in [0.05, 0.1) is 38.6 Å². The molecule has 4 N–H and O–H groups in total. The van der Waals surface area contributed by atoms with Crippen LogP contribution in [0.3, 0.4) is 0 Å². The van der Waals surface area contributed by atoms with Gasteiger partial charge >= 0.3 is 15.0 Å². The number of H-pyrrole nitrogens is 1. The maximum Gasteiger partial charge on any atom is 0.695 e. The highest BCUT2D eigenvalue weighted by molar-refractivity contribution is 8.07. The minimum absolute atomic E-state index is 0.0153. The Morgan fingerprint density at radius 2 is 2.02 bits per heavy atom.